The van der Waals surface area contributed by atoms with Gasteiger partial charge in [0, 0.05) is 0 Å². The van der Waals surface area contributed by atoms with E-state index in [1.165, 1.54) is 32.1 Å². The van der Waals surface area contributed by atoms with Crippen LogP contribution in [0.5, 0.6) is 0 Å². The highest BCUT2D eigenvalue weighted by molar-refractivity contribution is 5.02. The molecule has 0 aromatic carbocycles. The SMILES string of the molecule is CCCCCC[C@H]1/C=C\C/C=C/[C@H](CC)O1. The Hall–Kier alpha value is -0.560. The number of rotatable bonds is 6. The molecule has 1 aliphatic rings. The van der Waals surface area contributed by atoms with Gasteiger partial charge >= 0.3 is 0 Å². The smallest absolute Gasteiger partial charge is 0.0764 e. The average Bonchev–Trinajstić information content (AvgIpc) is 2.27. The minimum atomic E-state index is 0.320. The first-order valence-corrected chi connectivity index (χ1v) is 6.85. The third kappa shape index (κ3) is 5.50. The highest BCUT2D eigenvalue weighted by Gasteiger charge is 2.11. The molecule has 0 aromatic heterocycles. The van der Waals surface area contributed by atoms with Crippen LogP contribution in [-0.2, 0) is 4.74 Å². The van der Waals surface area contributed by atoms with Gasteiger partial charge in [-0.1, -0.05) is 63.8 Å². The second kappa shape index (κ2) is 8.58. The van der Waals surface area contributed by atoms with E-state index in [1.54, 1.807) is 0 Å². The summed E-state index contributed by atoms with van der Waals surface area (Å²) < 4.78 is 6.05. The van der Waals surface area contributed by atoms with Crippen LogP contribution < -0.4 is 0 Å². The molecular formula is C15H26O. The van der Waals surface area contributed by atoms with E-state index in [1.807, 2.05) is 0 Å². The van der Waals surface area contributed by atoms with Crippen molar-refractivity contribution in [3.63, 3.8) is 0 Å². The van der Waals surface area contributed by atoms with E-state index in [4.69, 9.17) is 4.74 Å². The van der Waals surface area contributed by atoms with Crippen molar-refractivity contribution < 1.29 is 4.74 Å². The molecule has 1 nitrogen and oxygen atoms in total. The van der Waals surface area contributed by atoms with Gasteiger partial charge in [0.15, 0.2) is 0 Å². The zero-order valence-electron chi connectivity index (χ0n) is 10.8. The molecule has 0 spiro atoms. The van der Waals surface area contributed by atoms with Gasteiger partial charge in [-0.2, -0.15) is 0 Å². The molecule has 0 bridgehead atoms. The van der Waals surface area contributed by atoms with Gasteiger partial charge < -0.3 is 4.74 Å². The van der Waals surface area contributed by atoms with Crippen LogP contribution in [0.15, 0.2) is 24.3 Å². The van der Waals surface area contributed by atoms with Crippen molar-refractivity contribution in [2.24, 2.45) is 0 Å². The fourth-order valence-electron chi connectivity index (χ4n) is 2.02. The van der Waals surface area contributed by atoms with Crippen LogP contribution in [0.25, 0.3) is 0 Å². The van der Waals surface area contributed by atoms with Crippen molar-refractivity contribution in [1.82, 2.24) is 0 Å². The van der Waals surface area contributed by atoms with E-state index in [2.05, 4.69) is 38.2 Å². The lowest BCUT2D eigenvalue weighted by Crippen LogP contribution is -2.19. The quantitative estimate of drug-likeness (QED) is 0.470. The molecule has 0 aliphatic carbocycles. The van der Waals surface area contributed by atoms with Gasteiger partial charge in [-0.25, -0.2) is 0 Å². The standard InChI is InChI=1S/C15H26O/c1-3-5-6-8-12-15-13-10-7-9-11-14(4-2)16-15/h9-11,13-15H,3-8,12H2,1-2H3/b11-9+,13-10-/t14-,15-/m0/s1. The van der Waals surface area contributed by atoms with Gasteiger partial charge in [-0.05, 0) is 19.3 Å². The van der Waals surface area contributed by atoms with Crippen LogP contribution in [0.1, 0.15) is 58.8 Å². The van der Waals surface area contributed by atoms with Crippen LogP contribution in [-0.4, -0.2) is 12.2 Å². The fourth-order valence-corrected chi connectivity index (χ4v) is 2.02. The van der Waals surface area contributed by atoms with E-state index < -0.39 is 0 Å². The Morgan fingerprint density at radius 3 is 2.44 bits per heavy atom. The van der Waals surface area contributed by atoms with Gasteiger partial charge in [0.05, 0.1) is 12.2 Å². The molecule has 0 unspecified atom stereocenters. The Bertz CT molecular complexity index is 217. The van der Waals surface area contributed by atoms with Gasteiger partial charge in [-0.15, -0.1) is 0 Å². The van der Waals surface area contributed by atoms with Crippen LogP contribution in [0, 0.1) is 0 Å². The monoisotopic (exact) mass is 222 g/mol. The molecule has 0 fully saturated rings. The summed E-state index contributed by atoms with van der Waals surface area (Å²) in [6.07, 6.45) is 18.2. The first kappa shape index (κ1) is 13.5. The Labute approximate surface area is 101 Å². The Kier molecular flexibility index (Phi) is 7.24. The fraction of sp³-hybridized carbons (Fsp3) is 0.733. The molecule has 0 radical (unpaired) electrons. The molecule has 92 valence electrons. The summed E-state index contributed by atoms with van der Waals surface area (Å²) in [7, 11) is 0. The van der Waals surface area contributed by atoms with Crippen LogP contribution in [0.3, 0.4) is 0 Å². The van der Waals surface area contributed by atoms with Crippen LogP contribution in [0.4, 0.5) is 0 Å². The molecule has 1 heterocycles. The average molecular weight is 222 g/mol. The zero-order valence-corrected chi connectivity index (χ0v) is 10.8. The van der Waals surface area contributed by atoms with Crippen molar-refractivity contribution in [3.05, 3.63) is 24.3 Å². The molecular weight excluding hydrogens is 196 g/mol. The largest absolute Gasteiger partial charge is 0.367 e. The van der Waals surface area contributed by atoms with Crippen molar-refractivity contribution in [1.29, 1.82) is 0 Å². The van der Waals surface area contributed by atoms with Crippen molar-refractivity contribution in [2.45, 2.75) is 71.0 Å². The Morgan fingerprint density at radius 1 is 1.00 bits per heavy atom. The first-order chi connectivity index (χ1) is 7.86. The molecule has 16 heavy (non-hydrogen) atoms. The summed E-state index contributed by atoms with van der Waals surface area (Å²) in [6, 6.07) is 0. The summed E-state index contributed by atoms with van der Waals surface area (Å²) in [5, 5.41) is 0. The highest BCUT2D eigenvalue weighted by Crippen LogP contribution is 2.15. The lowest BCUT2D eigenvalue weighted by atomic mass is 10.1. The van der Waals surface area contributed by atoms with E-state index in [-0.39, 0.29) is 0 Å². The summed E-state index contributed by atoms with van der Waals surface area (Å²) >= 11 is 0. The van der Waals surface area contributed by atoms with Crippen molar-refractivity contribution in [2.75, 3.05) is 0 Å². The van der Waals surface area contributed by atoms with E-state index in [0.717, 1.165) is 12.8 Å². The Morgan fingerprint density at radius 2 is 1.75 bits per heavy atom. The summed E-state index contributed by atoms with van der Waals surface area (Å²) in [4.78, 5) is 0. The van der Waals surface area contributed by atoms with E-state index >= 15 is 0 Å². The van der Waals surface area contributed by atoms with Crippen molar-refractivity contribution >= 4 is 0 Å². The molecule has 2 atom stereocenters. The van der Waals surface area contributed by atoms with Gasteiger partial charge in [0.2, 0.25) is 0 Å². The third-order valence-corrected chi connectivity index (χ3v) is 3.07. The molecule has 0 saturated heterocycles. The number of unbranched alkanes of at least 4 members (excludes halogenated alkanes) is 3. The maximum atomic E-state index is 6.05. The maximum Gasteiger partial charge on any atom is 0.0764 e. The number of ether oxygens (including phenoxy) is 1. The third-order valence-electron chi connectivity index (χ3n) is 3.07. The number of allylic oxidation sites excluding steroid dienone is 2. The summed E-state index contributed by atoms with van der Waals surface area (Å²) in [5.74, 6) is 0. The lowest BCUT2D eigenvalue weighted by Gasteiger charge is -2.21. The predicted molar refractivity (Wildman–Crippen MR) is 70.6 cm³/mol. The minimum absolute atomic E-state index is 0.320. The number of hydrogen-bond acceptors (Lipinski definition) is 1. The van der Waals surface area contributed by atoms with Gasteiger partial charge in [-0.3, -0.25) is 0 Å². The van der Waals surface area contributed by atoms with Crippen molar-refractivity contribution in [3.8, 4) is 0 Å². The first-order valence-electron chi connectivity index (χ1n) is 6.85. The van der Waals surface area contributed by atoms with Gasteiger partial charge in [0.25, 0.3) is 0 Å². The van der Waals surface area contributed by atoms with Crippen LogP contribution >= 0.6 is 0 Å². The number of hydrogen-bond donors (Lipinski definition) is 0. The lowest BCUT2D eigenvalue weighted by molar-refractivity contribution is 0.0327. The van der Waals surface area contributed by atoms with E-state index in [9.17, 15) is 0 Å². The van der Waals surface area contributed by atoms with Gasteiger partial charge in [0.1, 0.15) is 0 Å². The second-order valence-electron chi connectivity index (χ2n) is 4.56. The maximum absolute atomic E-state index is 6.05. The topological polar surface area (TPSA) is 9.23 Å². The molecule has 1 heteroatoms. The van der Waals surface area contributed by atoms with E-state index in [0.29, 0.717) is 12.2 Å². The molecule has 0 aromatic rings. The minimum Gasteiger partial charge on any atom is -0.367 e. The zero-order chi connectivity index (χ0) is 11.6. The summed E-state index contributed by atoms with van der Waals surface area (Å²) in [5.41, 5.74) is 0. The second-order valence-corrected chi connectivity index (χ2v) is 4.56. The molecule has 1 rings (SSSR count). The highest BCUT2D eigenvalue weighted by atomic mass is 16.5. The molecule has 1 aliphatic heterocycles. The normalized spacial score (nSPS) is 29.4. The molecule has 0 saturated carbocycles. The molecule has 0 N–H and O–H groups in total. The predicted octanol–water partition coefficient (Wildman–Crippen LogP) is 4.64. The Balaban J connectivity index is 2.30. The molecule has 0 amide bonds. The summed E-state index contributed by atoms with van der Waals surface area (Å²) in [6.45, 7) is 4.44. The van der Waals surface area contributed by atoms with Crippen LogP contribution in [0.2, 0.25) is 0 Å².